The third kappa shape index (κ3) is 3.03. The second kappa shape index (κ2) is 5.91. The number of hydrogen-bond acceptors (Lipinski definition) is 4. The smallest absolute Gasteiger partial charge is 0.170 e. The molecule has 3 fully saturated rings. The van der Waals surface area contributed by atoms with Crippen molar-refractivity contribution in [2.75, 3.05) is 26.8 Å². The van der Waals surface area contributed by atoms with Gasteiger partial charge in [0, 0.05) is 37.5 Å². The fourth-order valence-corrected chi connectivity index (χ4v) is 3.90. The summed E-state index contributed by atoms with van der Waals surface area (Å²) in [6, 6.07) is 1.69. The van der Waals surface area contributed by atoms with Crippen molar-refractivity contribution in [2.45, 2.75) is 69.9 Å². The van der Waals surface area contributed by atoms with Crippen LogP contribution in [0.3, 0.4) is 0 Å². The summed E-state index contributed by atoms with van der Waals surface area (Å²) in [6.45, 7) is 7.43. The van der Waals surface area contributed by atoms with E-state index in [1.165, 1.54) is 19.4 Å². The minimum absolute atomic E-state index is 0.283. The first-order valence-corrected chi connectivity index (χ1v) is 8.34. The Kier molecular flexibility index (Phi) is 4.37. The van der Waals surface area contributed by atoms with Crippen LogP contribution in [0.15, 0.2) is 0 Å². The molecule has 3 aliphatic rings. The molecule has 0 radical (unpaired) electrons. The molecule has 1 spiro atoms. The van der Waals surface area contributed by atoms with Gasteiger partial charge >= 0.3 is 0 Å². The molecule has 2 saturated carbocycles. The van der Waals surface area contributed by atoms with E-state index < -0.39 is 0 Å². The van der Waals surface area contributed by atoms with Gasteiger partial charge in [0.15, 0.2) is 5.79 Å². The second-order valence-corrected chi connectivity index (χ2v) is 7.05. The first kappa shape index (κ1) is 14.8. The van der Waals surface area contributed by atoms with E-state index in [-0.39, 0.29) is 5.79 Å². The molecule has 1 N–H and O–H groups in total. The maximum Gasteiger partial charge on any atom is 0.170 e. The van der Waals surface area contributed by atoms with Crippen LogP contribution in [0, 0.1) is 5.92 Å². The number of likely N-dealkylation sites (N-methyl/N-ethyl adjacent to an activating group) is 1. The summed E-state index contributed by atoms with van der Waals surface area (Å²) in [6.07, 6.45) is 6.03. The van der Waals surface area contributed by atoms with Crippen molar-refractivity contribution in [3.8, 4) is 0 Å². The van der Waals surface area contributed by atoms with Gasteiger partial charge in [-0.2, -0.15) is 0 Å². The Morgan fingerprint density at radius 3 is 2.45 bits per heavy atom. The van der Waals surface area contributed by atoms with Crippen LogP contribution in [0.4, 0.5) is 0 Å². The highest BCUT2D eigenvalue weighted by Gasteiger charge is 2.47. The van der Waals surface area contributed by atoms with E-state index in [0.717, 1.165) is 38.4 Å². The number of rotatable bonds is 5. The van der Waals surface area contributed by atoms with Crippen LogP contribution in [0.1, 0.15) is 46.0 Å². The number of hydrogen-bond donors (Lipinski definition) is 1. The van der Waals surface area contributed by atoms with Gasteiger partial charge in [-0.25, -0.2) is 0 Å². The highest BCUT2D eigenvalue weighted by atomic mass is 16.7. The molecule has 4 heteroatoms. The van der Waals surface area contributed by atoms with Crippen molar-refractivity contribution < 1.29 is 9.47 Å². The molecular weight excluding hydrogens is 252 g/mol. The molecule has 0 amide bonds. The van der Waals surface area contributed by atoms with Crippen LogP contribution in [0.5, 0.6) is 0 Å². The molecule has 3 rings (SSSR count). The average molecular weight is 282 g/mol. The normalized spacial score (nSPS) is 33.5. The first-order valence-electron chi connectivity index (χ1n) is 8.34. The fourth-order valence-electron chi connectivity index (χ4n) is 3.90. The molecule has 0 aromatic heterocycles. The van der Waals surface area contributed by atoms with Crippen molar-refractivity contribution in [3.63, 3.8) is 0 Å². The van der Waals surface area contributed by atoms with Gasteiger partial charge in [0.05, 0.1) is 13.2 Å². The lowest BCUT2D eigenvalue weighted by molar-refractivity contribution is -0.194. The van der Waals surface area contributed by atoms with Crippen LogP contribution < -0.4 is 5.32 Å². The minimum atomic E-state index is -0.283. The van der Waals surface area contributed by atoms with Crippen molar-refractivity contribution >= 4 is 0 Å². The van der Waals surface area contributed by atoms with Gasteiger partial charge in [0.1, 0.15) is 0 Å². The van der Waals surface area contributed by atoms with Crippen LogP contribution in [-0.2, 0) is 9.47 Å². The van der Waals surface area contributed by atoms with E-state index in [0.29, 0.717) is 18.1 Å². The standard InChI is InChI=1S/C16H30N2O2/c1-12(2)18(11-13-4-5-13)15-10-16(19-8-9-20-16)7-6-14(15)17-3/h12-15,17H,4-11H2,1-3H3. The summed E-state index contributed by atoms with van der Waals surface area (Å²) < 4.78 is 12.0. The summed E-state index contributed by atoms with van der Waals surface area (Å²) in [7, 11) is 2.10. The van der Waals surface area contributed by atoms with Gasteiger partial charge in [-0.15, -0.1) is 0 Å². The Morgan fingerprint density at radius 1 is 1.20 bits per heavy atom. The molecule has 2 aliphatic carbocycles. The molecule has 0 bridgehead atoms. The summed E-state index contributed by atoms with van der Waals surface area (Å²) in [5.74, 6) is 0.646. The molecule has 4 nitrogen and oxygen atoms in total. The SMILES string of the molecule is CNC1CCC2(CC1N(CC1CC1)C(C)C)OCCO2. The van der Waals surface area contributed by atoms with Crippen LogP contribution >= 0.6 is 0 Å². The highest BCUT2D eigenvalue weighted by molar-refractivity contribution is 4.98. The summed E-state index contributed by atoms with van der Waals surface area (Å²) in [4.78, 5) is 2.70. The molecule has 1 heterocycles. The number of ether oxygens (including phenoxy) is 2. The summed E-state index contributed by atoms with van der Waals surface area (Å²) >= 11 is 0. The van der Waals surface area contributed by atoms with E-state index in [2.05, 4.69) is 31.1 Å². The third-order valence-corrected chi connectivity index (χ3v) is 5.26. The molecular formula is C16H30N2O2. The zero-order valence-corrected chi connectivity index (χ0v) is 13.2. The zero-order valence-electron chi connectivity index (χ0n) is 13.2. The second-order valence-electron chi connectivity index (χ2n) is 7.05. The lowest BCUT2D eigenvalue weighted by Gasteiger charge is -2.47. The van der Waals surface area contributed by atoms with Gasteiger partial charge < -0.3 is 14.8 Å². The predicted molar refractivity (Wildman–Crippen MR) is 79.7 cm³/mol. The maximum atomic E-state index is 5.98. The monoisotopic (exact) mass is 282 g/mol. The number of nitrogens with one attached hydrogen (secondary N) is 1. The van der Waals surface area contributed by atoms with Crippen LogP contribution in [0.25, 0.3) is 0 Å². The summed E-state index contributed by atoms with van der Waals surface area (Å²) in [5, 5.41) is 3.54. The molecule has 116 valence electrons. The van der Waals surface area contributed by atoms with Gasteiger partial charge in [-0.1, -0.05) is 0 Å². The lowest BCUT2D eigenvalue weighted by Crippen LogP contribution is -2.59. The van der Waals surface area contributed by atoms with E-state index in [9.17, 15) is 0 Å². The molecule has 20 heavy (non-hydrogen) atoms. The topological polar surface area (TPSA) is 33.7 Å². The van der Waals surface area contributed by atoms with Crippen LogP contribution in [-0.4, -0.2) is 55.6 Å². The maximum absolute atomic E-state index is 5.98. The molecule has 2 atom stereocenters. The van der Waals surface area contributed by atoms with Gasteiger partial charge in [-0.05, 0) is 46.1 Å². The Bertz CT molecular complexity index is 324. The molecule has 1 aliphatic heterocycles. The zero-order chi connectivity index (χ0) is 14.2. The van der Waals surface area contributed by atoms with Crippen molar-refractivity contribution in [1.29, 1.82) is 0 Å². The fraction of sp³-hybridized carbons (Fsp3) is 1.00. The van der Waals surface area contributed by atoms with Gasteiger partial charge in [0.2, 0.25) is 0 Å². The van der Waals surface area contributed by atoms with E-state index >= 15 is 0 Å². The Balaban J connectivity index is 1.73. The lowest BCUT2D eigenvalue weighted by atomic mass is 9.84. The highest BCUT2D eigenvalue weighted by Crippen LogP contribution is 2.40. The van der Waals surface area contributed by atoms with Gasteiger partial charge in [-0.3, -0.25) is 4.90 Å². The third-order valence-electron chi connectivity index (χ3n) is 5.26. The molecule has 0 aromatic rings. The van der Waals surface area contributed by atoms with Crippen LogP contribution in [0.2, 0.25) is 0 Å². The molecule has 0 aromatic carbocycles. The quantitative estimate of drug-likeness (QED) is 0.836. The molecule has 1 saturated heterocycles. The van der Waals surface area contributed by atoms with E-state index in [4.69, 9.17) is 9.47 Å². The molecule has 2 unspecified atom stereocenters. The largest absolute Gasteiger partial charge is 0.347 e. The van der Waals surface area contributed by atoms with Crippen molar-refractivity contribution in [1.82, 2.24) is 10.2 Å². The Morgan fingerprint density at radius 2 is 1.90 bits per heavy atom. The van der Waals surface area contributed by atoms with E-state index in [1.807, 2.05) is 0 Å². The Labute approximate surface area is 123 Å². The van der Waals surface area contributed by atoms with Crippen molar-refractivity contribution in [3.05, 3.63) is 0 Å². The van der Waals surface area contributed by atoms with E-state index in [1.54, 1.807) is 0 Å². The Hall–Kier alpha value is -0.160. The minimum Gasteiger partial charge on any atom is -0.347 e. The average Bonchev–Trinajstić information content (AvgIpc) is 3.16. The summed E-state index contributed by atoms with van der Waals surface area (Å²) in [5.41, 5.74) is 0. The predicted octanol–water partition coefficient (Wildman–Crippen LogP) is 1.99. The van der Waals surface area contributed by atoms with Crippen molar-refractivity contribution in [2.24, 2.45) is 5.92 Å². The number of nitrogens with zero attached hydrogens (tertiary/aromatic N) is 1. The van der Waals surface area contributed by atoms with Gasteiger partial charge in [0.25, 0.3) is 0 Å². The first-order chi connectivity index (χ1) is 9.63.